The van der Waals surface area contributed by atoms with Crippen LogP contribution in [0, 0.1) is 6.92 Å². The van der Waals surface area contributed by atoms with Crippen LogP contribution in [0.5, 0.6) is 0 Å². The quantitative estimate of drug-likeness (QED) is 0.863. The van der Waals surface area contributed by atoms with Crippen molar-refractivity contribution >= 4 is 6.09 Å². The number of piperazine rings is 1. The van der Waals surface area contributed by atoms with Gasteiger partial charge in [0.15, 0.2) is 0 Å². The van der Waals surface area contributed by atoms with Gasteiger partial charge in [-0.05, 0) is 18.1 Å². The first-order valence-electron chi connectivity index (χ1n) is 8.44. The van der Waals surface area contributed by atoms with Gasteiger partial charge >= 0.3 is 6.09 Å². The number of amides is 1. The van der Waals surface area contributed by atoms with Crippen LogP contribution in [0.15, 0.2) is 54.6 Å². The largest absolute Gasteiger partial charge is 0.445 e. The maximum atomic E-state index is 12.2. The van der Waals surface area contributed by atoms with Gasteiger partial charge in [-0.25, -0.2) is 4.79 Å². The molecule has 1 saturated heterocycles. The number of hydrogen-bond acceptors (Lipinski definition) is 3. The first kappa shape index (κ1) is 16.5. The van der Waals surface area contributed by atoms with E-state index >= 15 is 0 Å². The highest BCUT2D eigenvalue weighted by atomic mass is 16.6. The van der Waals surface area contributed by atoms with E-state index in [2.05, 4.69) is 29.2 Å². The summed E-state index contributed by atoms with van der Waals surface area (Å²) in [4.78, 5) is 16.4. The predicted octanol–water partition coefficient (Wildman–Crippen LogP) is 3.45. The van der Waals surface area contributed by atoms with Crippen molar-refractivity contribution in [3.05, 3.63) is 71.3 Å². The van der Waals surface area contributed by atoms with Crippen molar-refractivity contribution in [2.24, 2.45) is 0 Å². The zero-order valence-corrected chi connectivity index (χ0v) is 14.1. The molecule has 0 radical (unpaired) electrons. The second-order valence-corrected chi connectivity index (χ2v) is 6.29. The maximum Gasteiger partial charge on any atom is 0.410 e. The van der Waals surface area contributed by atoms with Gasteiger partial charge in [-0.2, -0.15) is 0 Å². The molecule has 1 fully saturated rings. The minimum Gasteiger partial charge on any atom is -0.445 e. The van der Waals surface area contributed by atoms with Gasteiger partial charge in [-0.1, -0.05) is 60.2 Å². The average Bonchev–Trinajstić information content (AvgIpc) is 2.62. The van der Waals surface area contributed by atoms with Gasteiger partial charge in [0.05, 0.1) is 0 Å². The molecule has 1 aliphatic heterocycles. The Bertz CT molecular complexity index is 647. The Hall–Kier alpha value is -2.33. The Morgan fingerprint density at radius 2 is 1.58 bits per heavy atom. The fraction of sp³-hybridized carbons (Fsp3) is 0.350. The number of carbonyl (C=O) groups is 1. The van der Waals surface area contributed by atoms with Gasteiger partial charge in [0.25, 0.3) is 0 Å². The first-order chi connectivity index (χ1) is 11.7. The van der Waals surface area contributed by atoms with E-state index in [-0.39, 0.29) is 6.09 Å². The monoisotopic (exact) mass is 324 g/mol. The molecule has 0 unspecified atom stereocenters. The molecule has 3 rings (SSSR count). The second-order valence-electron chi connectivity index (χ2n) is 6.29. The minimum atomic E-state index is -0.213. The molecule has 0 atom stereocenters. The second kappa shape index (κ2) is 7.97. The number of nitrogens with zero attached hydrogens (tertiary/aromatic N) is 2. The van der Waals surface area contributed by atoms with Crippen LogP contribution in [0.1, 0.15) is 16.7 Å². The third-order valence-corrected chi connectivity index (χ3v) is 4.36. The fourth-order valence-electron chi connectivity index (χ4n) is 2.85. The fourth-order valence-corrected chi connectivity index (χ4v) is 2.85. The van der Waals surface area contributed by atoms with E-state index in [4.69, 9.17) is 4.74 Å². The normalized spacial score (nSPS) is 15.3. The molecule has 0 N–H and O–H groups in total. The van der Waals surface area contributed by atoms with Crippen molar-refractivity contribution in [3.8, 4) is 0 Å². The van der Waals surface area contributed by atoms with Crippen LogP contribution in [0.3, 0.4) is 0 Å². The van der Waals surface area contributed by atoms with E-state index in [1.807, 2.05) is 37.3 Å². The number of aryl methyl sites for hydroxylation is 1. The summed E-state index contributed by atoms with van der Waals surface area (Å²) in [5.74, 6) is 0. The SMILES string of the molecule is Cc1ccc(COC(=O)N2CCN(Cc3ccccc3)CC2)cc1. The van der Waals surface area contributed by atoms with E-state index < -0.39 is 0 Å². The summed E-state index contributed by atoms with van der Waals surface area (Å²) in [7, 11) is 0. The molecule has 0 aromatic heterocycles. The topological polar surface area (TPSA) is 32.8 Å². The molecule has 0 bridgehead atoms. The minimum absolute atomic E-state index is 0.213. The molecule has 1 amide bonds. The van der Waals surface area contributed by atoms with Crippen molar-refractivity contribution in [3.63, 3.8) is 0 Å². The standard InChI is InChI=1S/C20H24N2O2/c1-17-7-9-19(10-8-17)16-24-20(23)22-13-11-21(12-14-22)15-18-5-3-2-4-6-18/h2-10H,11-16H2,1H3. The summed E-state index contributed by atoms with van der Waals surface area (Å²) in [6, 6.07) is 18.5. The van der Waals surface area contributed by atoms with Gasteiger partial charge < -0.3 is 9.64 Å². The first-order valence-corrected chi connectivity index (χ1v) is 8.44. The average molecular weight is 324 g/mol. The lowest BCUT2D eigenvalue weighted by atomic mass is 10.2. The van der Waals surface area contributed by atoms with Crippen molar-refractivity contribution in [2.45, 2.75) is 20.1 Å². The molecule has 1 heterocycles. The van der Waals surface area contributed by atoms with E-state index in [0.29, 0.717) is 6.61 Å². The molecular formula is C20H24N2O2. The third kappa shape index (κ3) is 4.59. The van der Waals surface area contributed by atoms with Crippen LogP contribution >= 0.6 is 0 Å². The molecule has 2 aromatic rings. The molecule has 1 aliphatic rings. The summed E-state index contributed by atoms with van der Waals surface area (Å²) in [6.45, 7) is 6.53. The van der Waals surface area contributed by atoms with E-state index in [0.717, 1.165) is 38.3 Å². The van der Waals surface area contributed by atoms with Gasteiger partial charge in [-0.3, -0.25) is 4.90 Å². The van der Waals surface area contributed by atoms with E-state index in [1.54, 1.807) is 4.90 Å². The maximum absolute atomic E-state index is 12.2. The van der Waals surface area contributed by atoms with Crippen LogP contribution < -0.4 is 0 Å². The van der Waals surface area contributed by atoms with Crippen LogP contribution in [-0.4, -0.2) is 42.1 Å². The molecule has 126 valence electrons. The summed E-state index contributed by atoms with van der Waals surface area (Å²) in [5, 5.41) is 0. The van der Waals surface area contributed by atoms with Crippen molar-refractivity contribution in [1.29, 1.82) is 0 Å². The number of ether oxygens (including phenoxy) is 1. The van der Waals surface area contributed by atoms with Crippen LogP contribution in [0.2, 0.25) is 0 Å². The molecule has 0 saturated carbocycles. The molecule has 24 heavy (non-hydrogen) atoms. The van der Waals surface area contributed by atoms with Gasteiger partial charge in [0, 0.05) is 32.7 Å². The zero-order chi connectivity index (χ0) is 16.8. The highest BCUT2D eigenvalue weighted by molar-refractivity contribution is 5.67. The molecule has 0 spiro atoms. The van der Waals surface area contributed by atoms with E-state index in [9.17, 15) is 4.79 Å². The summed E-state index contributed by atoms with van der Waals surface area (Å²) < 4.78 is 5.43. The summed E-state index contributed by atoms with van der Waals surface area (Å²) in [5.41, 5.74) is 3.55. The Morgan fingerprint density at radius 3 is 2.25 bits per heavy atom. The molecule has 0 aliphatic carbocycles. The van der Waals surface area contributed by atoms with E-state index in [1.165, 1.54) is 11.1 Å². The van der Waals surface area contributed by atoms with Crippen molar-refractivity contribution in [2.75, 3.05) is 26.2 Å². The predicted molar refractivity (Wildman–Crippen MR) is 94.7 cm³/mol. The molecule has 4 heteroatoms. The highest BCUT2D eigenvalue weighted by Crippen LogP contribution is 2.11. The Kier molecular flexibility index (Phi) is 5.49. The number of rotatable bonds is 4. The van der Waals surface area contributed by atoms with Gasteiger partial charge in [0.1, 0.15) is 6.61 Å². The molecule has 2 aromatic carbocycles. The Labute approximate surface area is 143 Å². The zero-order valence-electron chi connectivity index (χ0n) is 14.1. The molecular weight excluding hydrogens is 300 g/mol. The smallest absolute Gasteiger partial charge is 0.410 e. The number of carbonyl (C=O) groups excluding carboxylic acids is 1. The van der Waals surface area contributed by atoms with Crippen molar-refractivity contribution < 1.29 is 9.53 Å². The van der Waals surface area contributed by atoms with Crippen LogP contribution in [-0.2, 0) is 17.9 Å². The lowest BCUT2D eigenvalue weighted by molar-refractivity contribution is 0.0700. The Balaban J connectivity index is 1.42. The molecule has 4 nitrogen and oxygen atoms in total. The number of benzene rings is 2. The highest BCUT2D eigenvalue weighted by Gasteiger charge is 2.22. The number of hydrogen-bond donors (Lipinski definition) is 0. The summed E-state index contributed by atoms with van der Waals surface area (Å²) in [6.07, 6.45) is -0.213. The lowest BCUT2D eigenvalue weighted by Gasteiger charge is -2.34. The summed E-state index contributed by atoms with van der Waals surface area (Å²) >= 11 is 0. The van der Waals surface area contributed by atoms with Gasteiger partial charge in [0.2, 0.25) is 0 Å². The van der Waals surface area contributed by atoms with Crippen LogP contribution in [0.4, 0.5) is 4.79 Å². The third-order valence-electron chi connectivity index (χ3n) is 4.36. The van der Waals surface area contributed by atoms with Crippen molar-refractivity contribution in [1.82, 2.24) is 9.80 Å². The lowest BCUT2D eigenvalue weighted by Crippen LogP contribution is -2.48. The van der Waals surface area contributed by atoms with Gasteiger partial charge in [-0.15, -0.1) is 0 Å². The Morgan fingerprint density at radius 1 is 0.917 bits per heavy atom. The van der Waals surface area contributed by atoms with Crippen LogP contribution in [0.25, 0.3) is 0 Å².